The lowest BCUT2D eigenvalue weighted by Crippen LogP contribution is -1.84. The van der Waals surface area contributed by atoms with Crippen LogP contribution < -0.4 is 0 Å². The fraction of sp³-hybridized carbons (Fsp3) is 0. The Bertz CT molecular complexity index is 101. The largest absolute Gasteiger partial charge is 0.478 e. The van der Waals surface area contributed by atoms with E-state index in [-0.39, 0.29) is 0 Å². The van der Waals surface area contributed by atoms with Gasteiger partial charge in [-0.1, -0.05) is 0 Å². The number of carboxylic acid groups (broad SMARTS) is 1. The molecule has 32 valence electrons. The highest BCUT2D eigenvalue weighted by molar-refractivity contribution is 7.78. The first-order chi connectivity index (χ1) is 2.77. The number of carboxylic acids is 1. The van der Waals surface area contributed by atoms with Crippen LogP contribution in [0.25, 0.3) is 0 Å². The summed E-state index contributed by atoms with van der Waals surface area (Å²) in [6, 6.07) is 0. The van der Waals surface area contributed by atoms with E-state index < -0.39 is 5.97 Å². The van der Waals surface area contributed by atoms with Crippen molar-refractivity contribution in [1.82, 2.24) is 0 Å². The first-order valence-electron chi connectivity index (χ1n) is 1.21. The van der Waals surface area contributed by atoms with Gasteiger partial charge in [-0.05, 0) is 17.2 Å². The maximum atomic E-state index is 9.41. The molecule has 0 aromatic heterocycles. The SMILES string of the molecule is O=C(O)C=C=S. The van der Waals surface area contributed by atoms with Gasteiger partial charge >= 0.3 is 5.97 Å². The third-order valence-corrected chi connectivity index (χ3v) is 0.300. The third kappa shape index (κ3) is 3.34. The van der Waals surface area contributed by atoms with Crippen LogP contribution in [-0.2, 0) is 4.79 Å². The van der Waals surface area contributed by atoms with Crippen LogP contribution in [0.4, 0.5) is 0 Å². The molecule has 0 unspecified atom stereocenters. The van der Waals surface area contributed by atoms with E-state index >= 15 is 0 Å². The predicted octanol–water partition coefficient (Wildman–Crippen LogP) is 0.226. The van der Waals surface area contributed by atoms with Gasteiger partial charge in [0, 0.05) is 0 Å². The predicted molar refractivity (Wildman–Crippen MR) is 24.8 cm³/mol. The van der Waals surface area contributed by atoms with Crippen molar-refractivity contribution in [3.8, 4) is 0 Å². The Labute approximate surface area is 40.1 Å². The lowest BCUT2D eigenvalue weighted by atomic mass is 10.7. The summed E-state index contributed by atoms with van der Waals surface area (Å²) in [7, 11) is 0. The summed E-state index contributed by atoms with van der Waals surface area (Å²) in [5.74, 6) is -1.05. The zero-order valence-electron chi connectivity index (χ0n) is 2.84. The third-order valence-electron chi connectivity index (χ3n) is 0.182. The summed E-state index contributed by atoms with van der Waals surface area (Å²) in [5.41, 5.74) is 0. The fourth-order valence-corrected chi connectivity index (χ4v) is 0.151. The number of hydrogen-bond acceptors (Lipinski definition) is 2. The highest BCUT2D eigenvalue weighted by Crippen LogP contribution is 1.55. The van der Waals surface area contributed by atoms with Gasteiger partial charge in [0.2, 0.25) is 0 Å². The second kappa shape index (κ2) is 2.57. The van der Waals surface area contributed by atoms with Gasteiger partial charge in [-0.25, -0.2) is 4.79 Å². The number of aliphatic carboxylic acids is 1. The molecule has 0 aliphatic rings. The van der Waals surface area contributed by atoms with Gasteiger partial charge in [-0.15, -0.1) is 0 Å². The van der Waals surface area contributed by atoms with Crippen molar-refractivity contribution in [1.29, 1.82) is 0 Å². The smallest absolute Gasteiger partial charge is 0.337 e. The van der Waals surface area contributed by atoms with Crippen molar-refractivity contribution in [2.45, 2.75) is 0 Å². The molecule has 0 saturated carbocycles. The summed E-state index contributed by atoms with van der Waals surface area (Å²) < 4.78 is 0. The lowest BCUT2D eigenvalue weighted by Gasteiger charge is -1.64. The van der Waals surface area contributed by atoms with Gasteiger partial charge in [0.05, 0.1) is 6.08 Å². The molecule has 3 heteroatoms. The fourth-order valence-electron chi connectivity index (χ4n) is 0.0504. The van der Waals surface area contributed by atoms with Gasteiger partial charge in [0.15, 0.2) is 0 Å². The molecule has 0 amide bonds. The van der Waals surface area contributed by atoms with Crippen LogP contribution in [-0.4, -0.2) is 16.1 Å². The zero-order chi connectivity index (χ0) is 4.99. The Kier molecular flexibility index (Phi) is 2.29. The van der Waals surface area contributed by atoms with E-state index in [0.717, 1.165) is 6.08 Å². The summed E-state index contributed by atoms with van der Waals surface area (Å²) in [6.45, 7) is 0. The van der Waals surface area contributed by atoms with Crippen molar-refractivity contribution >= 4 is 23.2 Å². The normalized spacial score (nSPS) is 6.00. The molecule has 2 nitrogen and oxygen atoms in total. The first kappa shape index (κ1) is 5.34. The van der Waals surface area contributed by atoms with Crippen molar-refractivity contribution in [3.05, 3.63) is 6.08 Å². The molecule has 0 radical (unpaired) electrons. The highest BCUT2D eigenvalue weighted by atomic mass is 32.1. The van der Waals surface area contributed by atoms with E-state index in [4.69, 9.17) is 5.11 Å². The number of thiocarbonyl (C=S) groups is 1. The first-order valence-corrected chi connectivity index (χ1v) is 1.62. The van der Waals surface area contributed by atoms with E-state index in [1.54, 1.807) is 0 Å². The summed E-state index contributed by atoms with van der Waals surface area (Å²) >= 11 is 4.04. The number of rotatable bonds is 1. The Morgan fingerprint density at radius 1 is 2.00 bits per heavy atom. The molecular weight excluding hydrogens is 100 g/mol. The molecule has 0 aromatic rings. The maximum Gasteiger partial charge on any atom is 0.337 e. The minimum absolute atomic E-state index is 0.773. The molecule has 0 fully saturated rings. The summed E-state index contributed by atoms with van der Waals surface area (Å²) in [4.78, 5) is 9.41. The van der Waals surface area contributed by atoms with E-state index in [9.17, 15) is 4.79 Å². The van der Waals surface area contributed by atoms with Crippen LogP contribution in [0.1, 0.15) is 0 Å². The molecular formula is C3H2O2S. The zero-order valence-corrected chi connectivity index (χ0v) is 3.66. The molecule has 1 N–H and O–H groups in total. The van der Waals surface area contributed by atoms with Crippen LogP contribution in [0.3, 0.4) is 0 Å². The molecule has 0 atom stereocenters. The van der Waals surface area contributed by atoms with Gasteiger partial charge < -0.3 is 5.11 Å². The van der Waals surface area contributed by atoms with Crippen molar-refractivity contribution < 1.29 is 9.90 Å². The second-order valence-corrected chi connectivity index (χ2v) is 0.836. The van der Waals surface area contributed by atoms with E-state index in [2.05, 4.69) is 12.2 Å². The molecule has 0 rings (SSSR count). The highest BCUT2D eigenvalue weighted by Gasteiger charge is 1.77. The standard InChI is InChI=1S/C3H2O2S/c4-3(5)1-2-6/h1H,(H,4,5). The molecule has 0 spiro atoms. The molecule has 0 aromatic carbocycles. The molecule has 0 heterocycles. The Morgan fingerprint density at radius 2 is 2.50 bits per heavy atom. The number of carbonyl (C=O) groups is 1. The molecule has 0 bridgehead atoms. The van der Waals surface area contributed by atoms with Gasteiger partial charge in [-0.3, -0.25) is 0 Å². The summed E-state index contributed by atoms with van der Waals surface area (Å²) in [5, 5.41) is 9.65. The van der Waals surface area contributed by atoms with E-state index in [1.807, 2.05) is 5.02 Å². The van der Waals surface area contributed by atoms with Gasteiger partial charge in [-0.2, -0.15) is 0 Å². The summed E-state index contributed by atoms with van der Waals surface area (Å²) in [6.07, 6.45) is 0.773. The maximum absolute atomic E-state index is 9.41. The molecule has 0 aliphatic heterocycles. The van der Waals surface area contributed by atoms with Crippen molar-refractivity contribution in [3.63, 3.8) is 0 Å². The molecule has 0 aliphatic carbocycles. The lowest BCUT2D eigenvalue weighted by molar-refractivity contribution is -0.131. The minimum Gasteiger partial charge on any atom is -0.478 e. The second-order valence-electron chi connectivity index (χ2n) is 0.600. The van der Waals surface area contributed by atoms with Crippen molar-refractivity contribution in [2.75, 3.05) is 0 Å². The van der Waals surface area contributed by atoms with E-state index in [0.29, 0.717) is 0 Å². The van der Waals surface area contributed by atoms with Crippen LogP contribution in [0.2, 0.25) is 0 Å². The average Bonchev–Trinajstić information content (AvgIpc) is 1.35. The number of hydrogen-bond donors (Lipinski definition) is 1. The van der Waals surface area contributed by atoms with E-state index in [1.165, 1.54) is 0 Å². The van der Waals surface area contributed by atoms with Crippen LogP contribution in [0, 0.1) is 0 Å². The minimum atomic E-state index is -1.05. The molecule has 0 saturated heterocycles. The van der Waals surface area contributed by atoms with Crippen LogP contribution in [0.5, 0.6) is 0 Å². The van der Waals surface area contributed by atoms with Crippen molar-refractivity contribution in [2.24, 2.45) is 0 Å². The molecule has 6 heavy (non-hydrogen) atoms. The monoisotopic (exact) mass is 102 g/mol. The Hall–Kier alpha value is -0.660. The van der Waals surface area contributed by atoms with Crippen LogP contribution in [0.15, 0.2) is 6.08 Å². The average molecular weight is 102 g/mol. The quantitative estimate of drug-likeness (QED) is 0.380. The van der Waals surface area contributed by atoms with Crippen LogP contribution >= 0.6 is 12.2 Å². The van der Waals surface area contributed by atoms with Gasteiger partial charge in [0.25, 0.3) is 0 Å². The van der Waals surface area contributed by atoms with Gasteiger partial charge in [0.1, 0.15) is 0 Å². The Balaban J connectivity index is 3.60. The topological polar surface area (TPSA) is 37.3 Å². The Morgan fingerprint density at radius 3 is 2.50 bits per heavy atom.